The average molecular weight is 247 g/mol. The molecule has 4 heterocycles. The summed E-state index contributed by atoms with van der Waals surface area (Å²) in [7, 11) is 0. The summed E-state index contributed by atoms with van der Waals surface area (Å²) in [5.41, 5.74) is 5.88. The van der Waals surface area contributed by atoms with Crippen LogP contribution in [0, 0.1) is 0 Å². The molecule has 1 aliphatic rings. The lowest BCUT2D eigenvalue weighted by atomic mass is 10.1. The second kappa shape index (κ2) is 3.06. The highest BCUT2D eigenvalue weighted by Gasteiger charge is 2.35. The van der Waals surface area contributed by atoms with Crippen molar-refractivity contribution in [1.82, 2.24) is 4.40 Å². The zero-order valence-corrected chi connectivity index (χ0v) is 10.2. The molecule has 3 aromatic heterocycles. The lowest BCUT2D eigenvalue weighted by molar-refractivity contribution is -0.648. The van der Waals surface area contributed by atoms with Gasteiger partial charge in [0.05, 0.1) is 11.8 Å². The van der Waals surface area contributed by atoms with Gasteiger partial charge in [-0.15, -0.1) is 4.57 Å². The van der Waals surface area contributed by atoms with Crippen LogP contribution < -0.4 is 4.57 Å². The maximum absolute atomic E-state index is 6.06. The molecule has 0 spiro atoms. The van der Waals surface area contributed by atoms with Crippen LogP contribution in [0.25, 0.3) is 28.1 Å². The van der Waals surface area contributed by atoms with Crippen LogP contribution >= 0.6 is 0 Å². The lowest BCUT2D eigenvalue weighted by Crippen LogP contribution is -2.30. The van der Waals surface area contributed by atoms with Gasteiger partial charge < -0.3 is 8.82 Å². The molecule has 0 saturated carbocycles. The van der Waals surface area contributed by atoms with Gasteiger partial charge in [0.2, 0.25) is 5.58 Å². The molecule has 0 bridgehead atoms. The van der Waals surface area contributed by atoms with Gasteiger partial charge >= 0.3 is 5.89 Å². The number of aromatic nitrogens is 2. The molecule has 90 valence electrons. The summed E-state index contributed by atoms with van der Waals surface area (Å²) in [6, 6.07) is 14.7. The van der Waals surface area contributed by atoms with Crippen molar-refractivity contribution in [2.75, 3.05) is 0 Å². The Kier molecular flexibility index (Phi) is 1.51. The molecule has 0 aliphatic carbocycles. The van der Waals surface area contributed by atoms with Crippen LogP contribution in [-0.2, 0) is 6.54 Å². The van der Waals surface area contributed by atoms with Gasteiger partial charge in [-0.1, -0.05) is 24.3 Å². The van der Waals surface area contributed by atoms with Crippen LogP contribution in [-0.4, -0.2) is 4.40 Å². The predicted octanol–water partition coefficient (Wildman–Crippen LogP) is 3.00. The molecule has 19 heavy (non-hydrogen) atoms. The Morgan fingerprint density at radius 3 is 2.95 bits per heavy atom. The number of benzene rings is 1. The largest absolute Gasteiger partial charge is 0.396 e. The number of oxazole rings is 1. The summed E-state index contributed by atoms with van der Waals surface area (Å²) < 4.78 is 10.5. The third-order valence-electron chi connectivity index (χ3n) is 3.92. The van der Waals surface area contributed by atoms with Crippen LogP contribution in [0.5, 0.6) is 0 Å². The Morgan fingerprint density at radius 2 is 1.95 bits per heavy atom. The zero-order valence-electron chi connectivity index (χ0n) is 10.2. The van der Waals surface area contributed by atoms with E-state index in [2.05, 4.69) is 57.8 Å². The number of fused-ring (bicyclic) bond motifs is 7. The van der Waals surface area contributed by atoms with Crippen molar-refractivity contribution in [3.05, 3.63) is 60.4 Å². The van der Waals surface area contributed by atoms with Crippen LogP contribution in [0.2, 0.25) is 0 Å². The highest BCUT2D eigenvalue weighted by Crippen LogP contribution is 2.32. The van der Waals surface area contributed by atoms with Crippen molar-refractivity contribution in [1.29, 1.82) is 0 Å². The van der Waals surface area contributed by atoms with E-state index in [1.54, 1.807) is 0 Å². The third kappa shape index (κ3) is 1.06. The first-order valence-corrected chi connectivity index (χ1v) is 6.42. The molecule has 0 fully saturated rings. The number of pyridine rings is 1. The minimum Gasteiger partial charge on any atom is -0.396 e. The van der Waals surface area contributed by atoms with Crippen molar-refractivity contribution in [2.24, 2.45) is 0 Å². The Bertz CT molecular complexity index is 946. The molecule has 4 aromatic rings. The van der Waals surface area contributed by atoms with Crippen LogP contribution in [0.4, 0.5) is 0 Å². The number of hydrogen-bond donors (Lipinski definition) is 0. The van der Waals surface area contributed by atoms with Crippen molar-refractivity contribution < 1.29 is 8.98 Å². The van der Waals surface area contributed by atoms with Gasteiger partial charge in [-0.2, -0.15) is 0 Å². The van der Waals surface area contributed by atoms with E-state index in [9.17, 15) is 0 Å². The smallest absolute Gasteiger partial charge is 0.382 e. The Morgan fingerprint density at radius 1 is 1.05 bits per heavy atom. The first kappa shape index (κ1) is 9.39. The van der Waals surface area contributed by atoms with E-state index in [4.69, 9.17) is 4.42 Å². The second-order valence-electron chi connectivity index (χ2n) is 4.99. The summed E-state index contributed by atoms with van der Waals surface area (Å²) in [6.45, 7) is 0.896. The minimum absolute atomic E-state index is 0.896. The molecular weight excluding hydrogens is 236 g/mol. The maximum atomic E-state index is 6.06. The van der Waals surface area contributed by atoms with Crippen molar-refractivity contribution in [3.63, 3.8) is 0 Å². The van der Waals surface area contributed by atoms with Gasteiger partial charge in [-0.25, -0.2) is 0 Å². The van der Waals surface area contributed by atoms with Crippen molar-refractivity contribution in [3.8, 4) is 11.5 Å². The zero-order chi connectivity index (χ0) is 12.4. The summed E-state index contributed by atoms with van der Waals surface area (Å²) in [6.07, 6.45) is 4.11. The summed E-state index contributed by atoms with van der Waals surface area (Å²) >= 11 is 0. The molecule has 0 N–H and O–H groups in total. The molecule has 0 radical (unpaired) electrons. The molecule has 3 nitrogen and oxygen atoms in total. The van der Waals surface area contributed by atoms with E-state index in [0.717, 1.165) is 18.0 Å². The third-order valence-corrected chi connectivity index (χ3v) is 3.92. The Hall–Kier alpha value is -2.55. The lowest BCUT2D eigenvalue weighted by Gasteiger charge is -1.90. The normalized spacial score (nSPS) is 13.1. The van der Waals surface area contributed by atoms with E-state index in [1.165, 1.54) is 22.2 Å². The van der Waals surface area contributed by atoms with Crippen molar-refractivity contribution in [2.45, 2.75) is 6.54 Å². The topological polar surface area (TPSA) is 21.4 Å². The average Bonchev–Trinajstić information content (AvgIpc) is 3.05. The van der Waals surface area contributed by atoms with Gasteiger partial charge in [0.25, 0.3) is 5.52 Å². The van der Waals surface area contributed by atoms with Gasteiger partial charge in [0.1, 0.15) is 5.52 Å². The molecule has 1 aliphatic heterocycles. The van der Waals surface area contributed by atoms with E-state index in [0.29, 0.717) is 0 Å². The van der Waals surface area contributed by atoms with Crippen LogP contribution in [0.15, 0.2) is 59.3 Å². The summed E-state index contributed by atoms with van der Waals surface area (Å²) in [4.78, 5) is 0. The van der Waals surface area contributed by atoms with E-state index in [-0.39, 0.29) is 0 Å². The van der Waals surface area contributed by atoms with Gasteiger partial charge in [-0.05, 0) is 18.2 Å². The monoisotopic (exact) mass is 247 g/mol. The summed E-state index contributed by atoms with van der Waals surface area (Å²) in [5, 5.41) is 0. The Balaban J connectivity index is 1.94. The van der Waals surface area contributed by atoms with Gasteiger partial charge in [0, 0.05) is 11.8 Å². The van der Waals surface area contributed by atoms with E-state index < -0.39 is 0 Å². The molecule has 0 atom stereocenters. The number of hydrogen-bond acceptors (Lipinski definition) is 1. The standard InChI is InChI=1S/C16H11N2O/c1-2-6-12-11(5-1)9-18-15-13-7-3-4-8-17(13)10-14(15)19-16(12)18/h1-8,10H,9H2/q+1. The maximum Gasteiger partial charge on any atom is 0.382 e. The predicted molar refractivity (Wildman–Crippen MR) is 71.9 cm³/mol. The molecule has 0 saturated heterocycles. The fraction of sp³-hybridized carbons (Fsp3) is 0.0625. The first-order chi connectivity index (χ1) is 9.42. The summed E-state index contributed by atoms with van der Waals surface area (Å²) in [5.74, 6) is 0.979. The van der Waals surface area contributed by atoms with E-state index in [1.807, 2.05) is 6.07 Å². The molecule has 0 amide bonds. The fourth-order valence-electron chi connectivity index (χ4n) is 3.08. The Labute approximate surface area is 109 Å². The SMILES string of the molecule is c1ccc2c(c1)C[n+]1c-2oc2cn3ccccc3c21. The highest BCUT2D eigenvalue weighted by atomic mass is 16.4. The quantitative estimate of drug-likeness (QED) is 0.385. The van der Waals surface area contributed by atoms with Gasteiger partial charge in [-0.3, -0.25) is 0 Å². The molecule has 1 aromatic carbocycles. The molecule has 0 unspecified atom stereocenters. The molecular formula is C16H11N2O+. The molecule has 5 rings (SSSR count). The van der Waals surface area contributed by atoms with Crippen molar-refractivity contribution >= 4 is 16.6 Å². The second-order valence-corrected chi connectivity index (χ2v) is 4.99. The van der Waals surface area contributed by atoms with E-state index >= 15 is 0 Å². The minimum atomic E-state index is 0.896. The van der Waals surface area contributed by atoms with Crippen LogP contribution in [0.1, 0.15) is 5.56 Å². The highest BCUT2D eigenvalue weighted by molar-refractivity contribution is 5.89. The molecule has 3 heteroatoms. The first-order valence-electron chi connectivity index (χ1n) is 6.42. The van der Waals surface area contributed by atoms with Crippen LogP contribution in [0.3, 0.4) is 0 Å². The fourth-order valence-corrected chi connectivity index (χ4v) is 3.08. The number of rotatable bonds is 0. The van der Waals surface area contributed by atoms with Gasteiger partial charge in [0.15, 0.2) is 6.54 Å². The number of nitrogens with zero attached hydrogens (tertiary/aromatic N) is 2.